The van der Waals surface area contributed by atoms with E-state index in [1.54, 1.807) is 0 Å². The van der Waals surface area contributed by atoms with Crippen LogP contribution in [0.25, 0.3) is 0 Å². The zero-order valence-electron chi connectivity index (χ0n) is 19.6. The molecule has 3 saturated heterocycles. The summed E-state index contributed by atoms with van der Waals surface area (Å²) in [6.07, 6.45) is 5.41. The number of fused-ring (bicyclic) bond motifs is 4. The van der Waals surface area contributed by atoms with Gasteiger partial charge in [-0.2, -0.15) is 0 Å². The Balaban J connectivity index is 1.24. The molecule has 7 nitrogen and oxygen atoms in total. The van der Waals surface area contributed by atoms with Crippen LogP contribution >= 0.6 is 0 Å². The minimum absolute atomic E-state index is 0.104. The van der Waals surface area contributed by atoms with Gasteiger partial charge in [-0.3, -0.25) is 0 Å². The van der Waals surface area contributed by atoms with Crippen LogP contribution in [0.2, 0.25) is 0 Å². The van der Waals surface area contributed by atoms with Crippen molar-refractivity contribution < 1.29 is 33.9 Å². The maximum absolute atomic E-state index is 12.1. The van der Waals surface area contributed by atoms with Crippen LogP contribution in [-0.4, -0.2) is 71.6 Å². The highest BCUT2D eigenvalue weighted by Gasteiger charge is 2.81. The predicted molar refractivity (Wildman–Crippen MR) is 113 cm³/mol. The SMILES string of the molecule is CC1([C@@]2(O)CC[C@H]3[C@@H]4C[C@@H]5O[C@@]56CC5(CC[C@]6(C)[C@H]4[C@@H](O)C[C@@]32C)OCCO5)OCCO1. The maximum Gasteiger partial charge on any atom is 0.195 e. The molecule has 32 heavy (non-hydrogen) atoms. The van der Waals surface area contributed by atoms with Crippen LogP contribution in [-0.2, 0) is 23.7 Å². The first-order valence-electron chi connectivity index (χ1n) is 12.8. The van der Waals surface area contributed by atoms with Gasteiger partial charge < -0.3 is 33.9 Å². The molecule has 0 aromatic heterocycles. The first kappa shape index (κ1) is 21.0. The lowest BCUT2D eigenvalue weighted by atomic mass is 9.43. The number of hydrogen-bond donors (Lipinski definition) is 2. The zero-order valence-corrected chi connectivity index (χ0v) is 19.6. The molecule has 7 aliphatic rings. The summed E-state index contributed by atoms with van der Waals surface area (Å²) in [6, 6.07) is 0. The summed E-state index contributed by atoms with van der Waals surface area (Å²) in [6.45, 7) is 8.76. The summed E-state index contributed by atoms with van der Waals surface area (Å²) in [5.74, 6) is -0.685. The Morgan fingerprint density at radius 1 is 0.844 bits per heavy atom. The molecule has 4 aliphatic carbocycles. The molecule has 7 heteroatoms. The summed E-state index contributed by atoms with van der Waals surface area (Å²) in [5.41, 5.74) is -1.91. The molecular formula is C25H38O7. The molecule has 4 saturated carbocycles. The van der Waals surface area contributed by atoms with Crippen molar-refractivity contribution in [1.29, 1.82) is 0 Å². The molecular weight excluding hydrogens is 412 g/mol. The summed E-state index contributed by atoms with van der Waals surface area (Å²) < 4.78 is 30.7. The summed E-state index contributed by atoms with van der Waals surface area (Å²) >= 11 is 0. The van der Waals surface area contributed by atoms with Crippen molar-refractivity contribution >= 4 is 0 Å². The van der Waals surface area contributed by atoms with Gasteiger partial charge in [0.25, 0.3) is 0 Å². The molecule has 180 valence electrons. The number of hydrogen-bond acceptors (Lipinski definition) is 7. The molecule has 0 aromatic carbocycles. The average molecular weight is 451 g/mol. The lowest BCUT2D eigenvalue weighted by Crippen LogP contribution is -2.68. The molecule has 0 aromatic rings. The molecule has 7 rings (SSSR count). The number of rotatable bonds is 1. The molecule has 0 unspecified atom stereocenters. The first-order chi connectivity index (χ1) is 15.1. The predicted octanol–water partition coefficient (Wildman–Crippen LogP) is 2.37. The number of ether oxygens (including phenoxy) is 5. The van der Waals surface area contributed by atoms with Gasteiger partial charge in [-0.1, -0.05) is 13.8 Å². The molecule has 9 atom stereocenters. The second-order valence-electron chi connectivity index (χ2n) is 12.5. The van der Waals surface area contributed by atoms with E-state index in [1.807, 2.05) is 6.92 Å². The van der Waals surface area contributed by atoms with Crippen LogP contribution in [0.3, 0.4) is 0 Å². The maximum atomic E-state index is 12.1. The Morgan fingerprint density at radius 3 is 2.25 bits per heavy atom. The minimum atomic E-state index is -1.10. The fourth-order valence-electron chi connectivity index (χ4n) is 9.99. The molecule has 3 heterocycles. The highest BCUT2D eigenvalue weighted by Crippen LogP contribution is 2.76. The third kappa shape index (κ3) is 2.19. The van der Waals surface area contributed by atoms with Gasteiger partial charge in [0.2, 0.25) is 0 Å². The van der Waals surface area contributed by atoms with Crippen molar-refractivity contribution in [1.82, 2.24) is 0 Å². The van der Waals surface area contributed by atoms with Gasteiger partial charge in [0.15, 0.2) is 11.6 Å². The Labute approximate surface area is 190 Å². The van der Waals surface area contributed by atoms with E-state index in [1.165, 1.54) is 0 Å². The van der Waals surface area contributed by atoms with Gasteiger partial charge in [-0.05, 0) is 56.8 Å². The van der Waals surface area contributed by atoms with Crippen LogP contribution in [0.15, 0.2) is 0 Å². The van der Waals surface area contributed by atoms with Gasteiger partial charge in [0, 0.05) is 23.7 Å². The van der Waals surface area contributed by atoms with E-state index >= 15 is 0 Å². The monoisotopic (exact) mass is 450 g/mol. The Bertz CT molecular complexity index is 821. The highest BCUT2D eigenvalue weighted by molar-refractivity contribution is 5.28. The van der Waals surface area contributed by atoms with Gasteiger partial charge >= 0.3 is 0 Å². The number of aliphatic hydroxyl groups excluding tert-OH is 1. The topological polar surface area (TPSA) is 89.9 Å². The van der Waals surface area contributed by atoms with E-state index in [4.69, 9.17) is 23.7 Å². The van der Waals surface area contributed by atoms with Crippen LogP contribution < -0.4 is 0 Å². The van der Waals surface area contributed by atoms with E-state index in [0.717, 1.165) is 32.1 Å². The second kappa shape index (κ2) is 6.10. The minimum Gasteiger partial charge on any atom is -0.393 e. The molecule has 0 bridgehead atoms. The number of epoxide rings is 1. The van der Waals surface area contributed by atoms with E-state index in [-0.39, 0.29) is 23.0 Å². The van der Waals surface area contributed by atoms with Gasteiger partial charge in [0.05, 0.1) is 38.6 Å². The van der Waals surface area contributed by atoms with Crippen LogP contribution in [0, 0.1) is 28.6 Å². The van der Waals surface area contributed by atoms with Gasteiger partial charge in [-0.15, -0.1) is 0 Å². The van der Waals surface area contributed by atoms with E-state index in [0.29, 0.717) is 51.1 Å². The largest absolute Gasteiger partial charge is 0.393 e. The van der Waals surface area contributed by atoms with Gasteiger partial charge in [0.1, 0.15) is 11.2 Å². The van der Waals surface area contributed by atoms with Crippen LogP contribution in [0.1, 0.15) is 65.7 Å². The Kier molecular flexibility index (Phi) is 4.01. The lowest BCUT2D eigenvalue weighted by molar-refractivity contribution is -0.308. The van der Waals surface area contributed by atoms with E-state index < -0.39 is 28.7 Å². The zero-order chi connectivity index (χ0) is 22.2. The molecule has 2 spiro atoms. The molecule has 7 fully saturated rings. The van der Waals surface area contributed by atoms with Crippen LogP contribution in [0.4, 0.5) is 0 Å². The Hall–Kier alpha value is -0.280. The average Bonchev–Trinajstić information content (AvgIpc) is 3.06. The van der Waals surface area contributed by atoms with Crippen molar-refractivity contribution in [2.24, 2.45) is 28.6 Å². The standard InChI is InChI=1S/C25H38O7/c1-20-6-7-23(30-10-11-31-23)14-24(20)18(32-24)12-15-16-4-5-25(27,22(3)28-8-9-29-22)21(16,2)13-17(26)19(15)20/h15-19,26-27H,4-14H2,1-3H3/t15-,16-,17-,18-,19+,20+,21-,24-,25+/m0/s1. The summed E-state index contributed by atoms with van der Waals surface area (Å²) in [5, 5.41) is 23.9. The Morgan fingerprint density at radius 2 is 1.53 bits per heavy atom. The third-order valence-corrected chi connectivity index (χ3v) is 11.6. The van der Waals surface area contributed by atoms with E-state index in [9.17, 15) is 10.2 Å². The highest BCUT2D eigenvalue weighted by atomic mass is 16.8. The van der Waals surface area contributed by atoms with Crippen molar-refractivity contribution in [2.45, 2.75) is 101 Å². The third-order valence-electron chi connectivity index (χ3n) is 11.6. The smallest absolute Gasteiger partial charge is 0.195 e. The summed E-state index contributed by atoms with van der Waals surface area (Å²) in [7, 11) is 0. The van der Waals surface area contributed by atoms with Crippen molar-refractivity contribution in [3.63, 3.8) is 0 Å². The molecule has 0 radical (unpaired) electrons. The van der Waals surface area contributed by atoms with E-state index in [2.05, 4.69) is 13.8 Å². The number of aliphatic hydroxyl groups is 2. The summed E-state index contributed by atoms with van der Waals surface area (Å²) in [4.78, 5) is 0. The molecule has 2 N–H and O–H groups in total. The lowest BCUT2D eigenvalue weighted by Gasteiger charge is -2.63. The van der Waals surface area contributed by atoms with Gasteiger partial charge in [-0.25, -0.2) is 0 Å². The van der Waals surface area contributed by atoms with Crippen molar-refractivity contribution in [3.8, 4) is 0 Å². The first-order valence-corrected chi connectivity index (χ1v) is 12.8. The second-order valence-corrected chi connectivity index (χ2v) is 12.5. The molecule has 0 amide bonds. The quantitative estimate of drug-likeness (QED) is 0.593. The fraction of sp³-hybridized carbons (Fsp3) is 1.00. The van der Waals surface area contributed by atoms with Crippen molar-refractivity contribution in [2.75, 3.05) is 26.4 Å². The fourth-order valence-corrected chi connectivity index (χ4v) is 9.99. The normalized spacial score (nSPS) is 59.3. The van der Waals surface area contributed by atoms with Crippen molar-refractivity contribution in [3.05, 3.63) is 0 Å². The molecule has 3 aliphatic heterocycles. The van der Waals surface area contributed by atoms with Crippen LogP contribution in [0.5, 0.6) is 0 Å².